The highest BCUT2D eigenvalue weighted by Gasteiger charge is 2.21. The first-order valence-corrected chi connectivity index (χ1v) is 9.59. The maximum atomic E-state index is 12.2. The fraction of sp³-hybridized carbons (Fsp3) is 0.350. The van der Waals surface area contributed by atoms with Crippen molar-refractivity contribution < 1.29 is 28.6 Å². The fourth-order valence-electron chi connectivity index (χ4n) is 2.25. The van der Waals surface area contributed by atoms with Crippen molar-refractivity contribution in [2.45, 2.75) is 26.7 Å². The molecule has 0 bridgehead atoms. The minimum absolute atomic E-state index is 0.191. The van der Waals surface area contributed by atoms with Gasteiger partial charge in [0.05, 0.1) is 24.8 Å². The van der Waals surface area contributed by atoms with Crippen LogP contribution in [0.1, 0.15) is 52.3 Å². The van der Waals surface area contributed by atoms with Crippen molar-refractivity contribution >= 4 is 34.2 Å². The van der Waals surface area contributed by atoms with Crippen LogP contribution in [0, 0.1) is 0 Å². The average Bonchev–Trinajstić information content (AvgIpc) is 3.10. The van der Waals surface area contributed by atoms with Crippen LogP contribution in [0.4, 0.5) is 5.00 Å². The van der Waals surface area contributed by atoms with Crippen molar-refractivity contribution in [3.8, 4) is 5.75 Å². The molecule has 1 aromatic heterocycles. The zero-order valence-corrected chi connectivity index (χ0v) is 17.1. The average molecular weight is 405 g/mol. The summed E-state index contributed by atoms with van der Waals surface area (Å²) in [5.41, 5.74) is 0.601. The Kier molecular flexibility index (Phi) is 7.57. The number of nitrogens with one attached hydrogen (secondary N) is 1. The molecule has 0 radical (unpaired) electrons. The lowest BCUT2D eigenvalue weighted by Crippen LogP contribution is -2.21. The van der Waals surface area contributed by atoms with E-state index in [2.05, 4.69) is 5.32 Å². The Balaban J connectivity index is 2.01. The van der Waals surface area contributed by atoms with Gasteiger partial charge in [0, 0.05) is 4.88 Å². The number of ether oxygens (including phenoxy) is 3. The summed E-state index contributed by atoms with van der Waals surface area (Å²) in [6, 6.07) is 8.06. The largest absolute Gasteiger partial charge is 0.497 e. The Hall–Kier alpha value is -2.87. The van der Waals surface area contributed by atoms with Crippen molar-refractivity contribution in [3.05, 3.63) is 46.3 Å². The van der Waals surface area contributed by atoms with E-state index in [1.165, 1.54) is 18.4 Å². The summed E-state index contributed by atoms with van der Waals surface area (Å²) in [5, 5.41) is 3.01. The van der Waals surface area contributed by atoms with E-state index in [1.54, 1.807) is 37.3 Å². The summed E-state index contributed by atoms with van der Waals surface area (Å²) < 4.78 is 15.1. The molecule has 1 N–H and O–H groups in total. The molecule has 150 valence electrons. The molecule has 1 heterocycles. The van der Waals surface area contributed by atoms with Crippen LogP contribution in [0.3, 0.4) is 0 Å². The third kappa shape index (κ3) is 5.56. The molecule has 8 heteroatoms. The molecule has 1 aromatic carbocycles. The Morgan fingerprint density at radius 3 is 2.32 bits per heavy atom. The molecular formula is C20H23NO6S. The number of anilines is 1. The topological polar surface area (TPSA) is 90.9 Å². The van der Waals surface area contributed by atoms with Crippen LogP contribution in [0.15, 0.2) is 30.3 Å². The third-order valence-corrected chi connectivity index (χ3v) is 5.08. The normalized spacial score (nSPS) is 10.5. The van der Waals surface area contributed by atoms with E-state index in [1.807, 2.05) is 13.8 Å². The number of carbonyl (C=O) groups is 3. The van der Waals surface area contributed by atoms with E-state index in [9.17, 15) is 14.4 Å². The molecule has 7 nitrogen and oxygen atoms in total. The van der Waals surface area contributed by atoms with Crippen molar-refractivity contribution in [3.63, 3.8) is 0 Å². The second kappa shape index (κ2) is 9.89. The maximum Gasteiger partial charge on any atom is 0.341 e. The van der Waals surface area contributed by atoms with Crippen molar-refractivity contribution in [2.24, 2.45) is 0 Å². The lowest BCUT2D eigenvalue weighted by atomic mass is 10.1. The summed E-state index contributed by atoms with van der Waals surface area (Å²) in [5.74, 6) is -0.866. The van der Waals surface area contributed by atoms with Crippen LogP contribution in [-0.2, 0) is 14.3 Å². The van der Waals surface area contributed by atoms with Gasteiger partial charge in [-0.2, -0.15) is 0 Å². The number of methoxy groups -OCH3 is 1. The summed E-state index contributed by atoms with van der Waals surface area (Å²) in [6.45, 7) is 5.46. The van der Waals surface area contributed by atoms with E-state index >= 15 is 0 Å². The Morgan fingerprint density at radius 2 is 1.75 bits per heavy atom. The summed E-state index contributed by atoms with van der Waals surface area (Å²) >= 11 is 1.30. The lowest BCUT2D eigenvalue weighted by molar-refractivity contribution is -0.119. The van der Waals surface area contributed by atoms with Crippen LogP contribution in [0.2, 0.25) is 0 Å². The van der Waals surface area contributed by atoms with Crippen molar-refractivity contribution in [2.75, 3.05) is 25.6 Å². The second-order valence-electron chi connectivity index (χ2n) is 6.12. The van der Waals surface area contributed by atoms with Gasteiger partial charge in [-0.15, -0.1) is 11.3 Å². The molecule has 0 aliphatic carbocycles. The van der Waals surface area contributed by atoms with Gasteiger partial charge in [-0.1, -0.05) is 13.8 Å². The monoisotopic (exact) mass is 405 g/mol. The molecule has 0 saturated carbocycles. The predicted molar refractivity (Wildman–Crippen MR) is 106 cm³/mol. The molecule has 0 aliphatic heterocycles. The van der Waals surface area contributed by atoms with Crippen molar-refractivity contribution in [1.29, 1.82) is 0 Å². The van der Waals surface area contributed by atoms with E-state index in [4.69, 9.17) is 14.2 Å². The van der Waals surface area contributed by atoms with Gasteiger partial charge in [0.1, 0.15) is 10.8 Å². The number of amides is 1. The molecule has 1 amide bonds. The number of carbonyl (C=O) groups excluding carboxylic acids is 3. The van der Waals surface area contributed by atoms with E-state index < -0.39 is 24.5 Å². The van der Waals surface area contributed by atoms with Gasteiger partial charge in [-0.05, 0) is 43.2 Å². The Bertz CT molecular complexity index is 841. The Morgan fingerprint density at radius 1 is 1.07 bits per heavy atom. The first-order valence-electron chi connectivity index (χ1n) is 8.77. The molecule has 0 saturated heterocycles. The second-order valence-corrected chi connectivity index (χ2v) is 7.20. The Labute approximate surface area is 167 Å². The summed E-state index contributed by atoms with van der Waals surface area (Å²) in [7, 11) is 1.53. The summed E-state index contributed by atoms with van der Waals surface area (Å²) in [4.78, 5) is 37.3. The highest BCUT2D eigenvalue weighted by Crippen LogP contribution is 2.33. The SMILES string of the molecule is CCOC(=O)c1cc(C(C)C)sc1NC(=O)COC(=O)c1ccc(OC)cc1. The zero-order chi connectivity index (χ0) is 20.7. The molecule has 28 heavy (non-hydrogen) atoms. The van der Waals surface area contributed by atoms with Crippen LogP contribution < -0.4 is 10.1 Å². The number of thiophene rings is 1. The fourth-order valence-corrected chi connectivity index (χ4v) is 3.32. The van der Waals surface area contributed by atoms with E-state index in [0.29, 0.717) is 21.9 Å². The molecule has 2 rings (SSSR count). The minimum Gasteiger partial charge on any atom is -0.497 e. The molecule has 0 fully saturated rings. The van der Waals surface area contributed by atoms with E-state index in [0.717, 1.165) is 4.88 Å². The van der Waals surface area contributed by atoms with Gasteiger partial charge >= 0.3 is 11.9 Å². The van der Waals surface area contributed by atoms with Crippen molar-refractivity contribution in [1.82, 2.24) is 0 Å². The molecule has 0 spiro atoms. The van der Waals surface area contributed by atoms with Gasteiger partial charge in [0.15, 0.2) is 6.61 Å². The molecular weight excluding hydrogens is 382 g/mol. The van der Waals surface area contributed by atoms with Crippen LogP contribution in [0.25, 0.3) is 0 Å². The highest BCUT2D eigenvalue weighted by atomic mass is 32.1. The standard InChI is InChI=1S/C20H23NO6S/c1-5-26-20(24)15-10-16(12(2)3)28-18(15)21-17(22)11-27-19(23)13-6-8-14(25-4)9-7-13/h6-10,12H,5,11H2,1-4H3,(H,21,22). The molecule has 2 aromatic rings. The molecule has 0 atom stereocenters. The van der Waals surface area contributed by atoms with E-state index in [-0.39, 0.29) is 12.5 Å². The van der Waals surface area contributed by atoms with Gasteiger partial charge in [0.2, 0.25) is 0 Å². The quantitative estimate of drug-likeness (QED) is 0.671. The van der Waals surface area contributed by atoms with Gasteiger partial charge in [-0.3, -0.25) is 4.79 Å². The smallest absolute Gasteiger partial charge is 0.341 e. The third-order valence-electron chi connectivity index (χ3n) is 3.73. The van der Waals surface area contributed by atoms with Crippen LogP contribution in [0.5, 0.6) is 5.75 Å². The van der Waals surface area contributed by atoms with Gasteiger partial charge in [0.25, 0.3) is 5.91 Å². The number of esters is 2. The lowest BCUT2D eigenvalue weighted by Gasteiger charge is -2.07. The van der Waals surface area contributed by atoms with Gasteiger partial charge < -0.3 is 19.5 Å². The maximum absolute atomic E-state index is 12.2. The van der Waals surface area contributed by atoms with Crippen LogP contribution in [-0.4, -0.2) is 38.2 Å². The van der Waals surface area contributed by atoms with Gasteiger partial charge in [-0.25, -0.2) is 9.59 Å². The molecule has 0 unspecified atom stereocenters. The number of hydrogen-bond donors (Lipinski definition) is 1. The summed E-state index contributed by atoms with van der Waals surface area (Å²) in [6.07, 6.45) is 0. The number of rotatable bonds is 8. The number of hydrogen-bond acceptors (Lipinski definition) is 7. The zero-order valence-electron chi connectivity index (χ0n) is 16.2. The van der Waals surface area contributed by atoms with Crippen LogP contribution >= 0.6 is 11.3 Å². The predicted octanol–water partition coefficient (Wildman–Crippen LogP) is 3.85. The number of benzene rings is 1. The first kappa shape index (κ1) is 21.4. The minimum atomic E-state index is -0.627. The highest BCUT2D eigenvalue weighted by molar-refractivity contribution is 7.16. The first-order chi connectivity index (χ1) is 13.3. The molecule has 0 aliphatic rings.